The second-order valence-corrected chi connectivity index (χ2v) is 7.64. The fraction of sp³-hybridized carbons (Fsp3) is 0.474. The highest BCUT2D eigenvalue weighted by atomic mass is 16.5. The Labute approximate surface area is 146 Å². The summed E-state index contributed by atoms with van der Waals surface area (Å²) in [7, 11) is 1.54. The van der Waals surface area contributed by atoms with Gasteiger partial charge in [-0.2, -0.15) is 0 Å². The number of benzene rings is 1. The number of fused-ring (bicyclic) bond motifs is 1. The number of ether oxygens (including phenoxy) is 1. The number of carbonyl (C=O) groups is 2. The number of aliphatic carboxylic acids is 1. The molecule has 2 N–H and O–H groups in total. The van der Waals surface area contributed by atoms with E-state index in [1.54, 1.807) is 6.07 Å². The molecule has 2 heterocycles. The monoisotopic (exact) mass is 344 g/mol. The topological polar surface area (TPSA) is 82.6 Å². The molecular weight excluding hydrogens is 320 g/mol. The number of amides is 1. The molecule has 0 saturated carbocycles. The Morgan fingerprint density at radius 3 is 2.60 bits per heavy atom. The Kier molecular flexibility index (Phi) is 4.33. The maximum atomic E-state index is 12.9. The standard InChI is InChI=1S/C19H24N2O4/c1-19(2,3)12-6-5-11-7-15(20-14(11)8-12)17(22)21-10-13(25-4)9-16(21)18(23)24/h5-8,13,16,20H,9-10H2,1-4H3,(H,23,24). The first-order valence-corrected chi connectivity index (χ1v) is 8.40. The zero-order valence-corrected chi connectivity index (χ0v) is 15.0. The highest BCUT2D eigenvalue weighted by Gasteiger charge is 2.40. The summed E-state index contributed by atoms with van der Waals surface area (Å²) in [5.41, 5.74) is 2.47. The zero-order chi connectivity index (χ0) is 18.4. The number of nitrogens with one attached hydrogen (secondary N) is 1. The largest absolute Gasteiger partial charge is 0.480 e. The van der Waals surface area contributed by atoms with E-state index in [9.17, 15) is 14.7 Å². The number of methoxy groups -OCH3 is 1. The van der Waals surface area contributed by atoms with Crippen LogP contribution in [-0.4, -0.2) is 52.7 Å². The van der Waals surface area contributed by atoms with Crippen molar-refractivity contribution in [3.05, 3.63) is 35.5 Å². The van der Waals surface area contributed by atoms with Crippen molar-refractivity contribution in [2.45, 2.75) is 44.8 Å². The molecule has 1 aromatic carbocycles. The predicted octanol–water partition coefficient (Wildman–Crippen LogP) is 2.78. The fourth-order valence-corrected chi connectivity index (χ4v) is 3.29. The van der Waals surface area contributed by atoms with Gasteiger partial charge in [0.15, 0.2) is 0 Å². The van der Waals surface area contributed by atoms with Crippen molar-refractivity contribution in [2.75, 3.05) is 13.7 Å². The van der Waals surface area contributed by atoms with E-state index in [0.717, 1.165) is 10.9 Å². The first-order chi connectivity index (χ1) is 11.7. The molecule has 6 heteroatoms. The van der Waals surface area contributed by atoms with Crippen LogP contribution in [-0.2, 0) is 14.9 Å². The second-order valence-electron chi connectivity index (χ2n) is 7.64. The first kappa shape index (κ1) is 17.5. The van der Waals surface area contributed by atoms with Gasteiger partial charge in [-0.3, -0.25) is 4.79 Å². The number of aromatic amines is 1. The molecule has 0 spiro atoms. The molecule has 25 heavy (non-hydrogen) atoms. The van der Waals surface area contributed by atoms with Crippen LogP contribution in [0.4, 0.5) is 0 Å². The first-order valence-electron chi connectivity index (χ1n) is 8.40. The van der Waals surface area contributed by atoms with Gasteiger partial charge in [0.25, 0.3) is 5.91 Å². The molecule has 0 aliphatic carbocycles. The molecule has 2 aromatic rings. The number of hydrogen-bond donors (Lipinski definition) is 2. The van der Waals surface area contributed by atoms with E-state index in [1.807, 2.05) is 12.1 Å². The minimum atomic E-state index is -1.00. The van der Waals surface area contributed by atoms with Gasteiger partial charge >= 0.3 is 5.97 Å². The van der Waals surface area contributed by atoms with Gasteiger partial charge in [0, 0.05) is 31.0 Å². The Balaban J connectivity index is 1.93. The van der Waals surface area contributed by atoms with Crippen LogP contribution < -0.4 is 0 Å². The normalized spacial score (nSPS) is 21.0. The minimum absolute atomic E-state index is 0.0124. The highest BCUT2D eigenvalue weighted by molar-refractivity contribution is 6.00. The zero-order valence-electron chi connectivity index (χ0n) is 15.0. The van der Waals surface area contributed by atoms with Crippen LogP contribution in [0.15, 0.2) is 24.3 Å². The molecule has 1 aliphatic heterocycles. The van der Waals surface area contributed by atoms with Crippen LogP contribution in [0.3, 0.4) is 0 Å². The van der Waals surface area contributed by atoms with Crippen molar-refractivity contribution in [3.63, 3.8) is 0 Å². The lowest BCUT2D eigenvalue weighted by atomic mass is 9.87. The van der Waals surface area contributed by atoms with Crippen molar-refractivity contribution in [3.8, 4) is 0 Å². The van der Waals surface area contributed by atoms with E-state index in [0.29, 0.717) is 12.1 Å². The average Bonchev–Trinajstić information content (AvgIpc) is 3.16. The summed E-state index contributed by atoms with van der Waals surface area (Å²) in [6.45, 7) is 6.69. The van der Waals surface area contributed by atoms with Gasteiger partial charge in [-0.25, -0.2) is 4.79 Å². The number of carbonyl (C=O) groups excluding carboxylic acids is 1. The van der Waals surface area contributed by atoms with Gasteiger partial charge in [-0.05, 0) is 23.1 Å². The van der Waals surface area contributed by atoms with Gasteiger partial charge in [0.1, 0.15) is 11.7 Å². The highest BCUT2D eigenvalue weighted by Crippen LogP contribution is 2.28. The van der Waals surface area contributed by atoms with Gasteiger partial charge in [0.2, 0.25) is 0 Å². The predicted molar refractivity (Wildman–Crippen MR) is 94.9 cm³/mol. The molecule has 0 bridgehead atoms. The van der Waals surface area contributed by atoms with Crippen molar-refractivity contribution >= 4 is 22.8 Å². The molecule has 2 atom stereocenters. The molecule has 1 aromatic heterocycles. The maximum Gasteiger partial charge on any atom is 0.326 e. The smallest absolute Gasteiger partial charge is 0.326 e. The molecule has 134 valence electrons. The van der Waals surface area contributed by atoms with Crippen molar-refractivity contribution < 1.29 is 19.4 Å². The fourth-order valence-electron chi connectivity index (χ4n) is 3.29. The van der Waals surface area contributed by atoms with Crippen LogP contribution in [0.25, 0.3) is 10.9 Å². The molecule has 1 amide bonds. The van der Waals surface area contributed by atoms with Gasteiger partial charge < -0.3 is 19.7 Å². The third-order valence-electron chi connectivity index (χ3n) is 4.86. The summed E-state index contributed by atoms with van der Waals surface area (Å²) in [5, 5.41) is 10.3. The molecule has 1 fully saturated rings. The molecule has 1 saturated heterocycles. The summed E-state index contributed by atoms with van der Waals surface area (Å²) in [6, 6.07) is 7.02. The van der Waals surface area contributed by atoms with Crippen molar-refractivity contribution in [1.29, 1.82) is 0 Å². The van der Waals surface area contributed by atoms with Gasteiger partial charge in [-0.1, -0.05) is 32.9 Å². The number of likely N-dealkylation sites (tertiary alicyclic amines) is 1. The van der Waals surface area contributed by atoms with E-state index in [2.05, 4.69) is 31.8 Å². The Hall–Kier alpha value is -2.34. The SMILES string of the molecule is COC1CC(C(=O)O)N(C(=O)c2cc3ccc(C(C)(C)C)cc3[nH]2)C1. The van der Waals surface area contributed by atoms with Crippen LogP contribution in [0.2, 0.25) is 0 Å². The third kappa shape index (κ3) is 3.26. The van der Waals surface area contributed by atoms with Crippen molar-refractivity contribution in [2.24, 2.45) is 0 Å². The summed E-state index contributed by atoms with van der Waals surface area (Å²) < 4.78 is 5.25. The Morgan fingerprint density at radius 2 is 2.00 bits per heavy atom. The van der Waals surface area contributed by atoms with Crippen LogP contribution in [0.5, 0.6) is 0 Å². The summed E-state index contributed by atoms with van der Waals surface area (Å²) >= 11 is 0. The van der Waals surface area contributed by atoms with E-state index in [4.69, 9.17) is 4.74 Å². The number of carboxylic acids is 1. The van der Waals surface area contributed by atoms with Gasteiger partial charge in [0.05, 0.1) is 6.10 Å². The Morgan fingerprint density at radius 1 is 1.28 bits per heavy atom. The van der Waals surface area contributed by atoms with E-state index >= 15 is 0 Å². The van der Waals surface area contributed by atoms with Crippen LogP contribution in [0, 0.1) is 0 Å². The lowest BCUT2D eigenvalue weighted by Crippen LogP contribution is -2.40. The molecular formula is C19H24N2O4. The number of H-pyrrole nitrogens is 1. The van der Waals surface area contributed by atoms with Gasteiger partial charge in [-0.15, -0.1) is 0 Å². The minimum Gasteiger partial charge on any atom is -0.480 e. The van der Waals surface area contributed by atoms with Crippen molar-refractivity contribution in [1.82, 2.24) is 9.88 Å². The van der Waals surface area contributed by atoms with Crippen LogP contribution in [0.1, 0.15) is 43.2 Å². The number of carboxylic acid groups (broad SMARTS) is 1. The molecule has 3 rings (SSSR count). The van der Waals surface area contributed by atoms with Crippen LogP contribution >= 0.6 is 0 Å². The quantitative estimate of drug-likeness (QED) is 0.897. The summed E-state index contributed by atoms with van der Waals surface area (Å²) in [6.07, 6.45) is 0.0633. The summed E-state index contributed by atoms with van der Waals surface area (Å²) in [5.74, 6) is -1.31. The Bertz CT molecular complexity index is 818. The molecule has 6 nitrogen and oxygen atoms in total. The third-order valence-corrected chi connectivity index (χ3v) is 4.86. The molecule has 1 aliphatic rings. The average molecular weight is 344 g/mol. The van der Waals surface area contributed by atoms with E-state index < -0.39 is 12.0 Å². The number of hydrogen-bond acceptors (Lipinski definition) is 3. The summed E-state index contributed by atoms with van der Waals surface area (Å²) in [4.78, 5) is 28.9. The lowest BCUT2D eigenvalue weighted by Gasteiger charge is -2.20. The number of aromatic nitrogens is 1. The molecule has 2 unspecified atom stereocenters. The lowest BCUT2D eigenvalue weighted by molar-refractivity contribution is -0.141. The number of nitrogens with zero attached hydrogens (tertiary/aromatic N) is 1. The maximum absolute atomic E-state index is 12.9. The molecule has 0 radical (unpaired) electrons. The van der Waals surface area contributed by atoms with E-state index in [1.165, 1.54) is 17.6 Å². The van der Waals surface area contributed by atoms with E-state index in [-0.39, 0.29) is 24.0 Å². The second kappa shape index (κ2) is 6.19. The number of rotatable bonds is 3.